The molecule has 3 saturated carbocycles. The van der Waals surface area contributed by atoms with Crippen LogP contribution in [0.15, 0.2) is 11.6 Å². The molecule has 6 atom stereocenters. The Morgan fingerprint density at radius 3 is 2.61 bits per heavy atom. The molecule has 4 rings (SSSR count). The fraction of sp³-hybridized carbons (Fsp3) is 0.810. The largest absolute Gasteiger partial charge is 0.291 e. The fourth-order valence-electron chi connectivity index (χ4n) is 7.18. The van der Waals surface area contributed by atoms with Crippen LogP contribution in [-0.2, 0) is 9.59 Å². The van der Waals surface area contributed by atoms with Crippen LogP contribution < -0.4 is 0 Å². The summed E-state index contributed by atoms with van der Waals surface area (Å²) in [5.74, 6) is 2.76. The summed E-state index contributed by atoms with van der Waals surface area (Å²) >= 11 is 0. The van der Waals surface area contributed by atoms with Crippen LogP contribution >= 0.6 is 0 Å². The molecule has 0 aliphatic heterocycles. The van der Waals surface area contributed by atoms with E-state index in [1.54, 1.807) is 0 Å². The molecular formula is C21H30O2. The minimum absolute atomic E-state index is 0.0282. The smallest absolute Gasteiger partial charge is 0.224 e. The van der Waals surface area contributed by atoms with Crippen molar-refractivity contribution in [3.8, 4) is 0 Å². The Labute approximate surface area is 140 Å². The van der Waals surface area contributed by atoms with Crippen molar-refractivity contribution >= 4 is 11.6 Å². The molecule has 0 saturated heterocycles. The maximum atomic E-state index is 12.4. The van der Waals surface area contributed by atoms with Gasteiger partial charge in [-0.1, -0.05) is 33.3 Å². The van der Waals surface area contributed by atoms with Gasteiger partial charge in [0.25, 0.3) is 0 Å². The number of Topliss-reactive ketones (excluding diaryl/α,β-unsaturated/α-hetero) is 2. The first kappa shape index (κ1) is 15.6. The normalized spacial score (nSPS) is 49.3. The summed E-state index contributed by atoms with van der Waals surface area (Å²) in [5, 5.41) is 0. The van der Waals surface area contributed by atoms with Crippen LogP contribution in [0.5, 0.6) is 0 Å². The summed E-state index contributed by atoms with van der Waals surface area (Å²) in [6.07, 6.45) is 11.2. The minimum Gasteiger partial charge on any atom is -0.291 e. The van der Waals surface area contributed by atoms with Gasteiger partial charge in [-0.3, -0.25) is 9.59 Å². The Kier molecular flexibility index (Phi) is 3.42. The van der Waals surface area contributed by atoms with Crippen molar-refractivity contribution in [1.29, 1.82) is 0 Å². The van der Waals surface area contributed by atoms with Crippen molar-refractivity contribution in [2.75, 3.05) is 0 Å². The van der Waals surface area contributed by atoms with Crippen molar-refractivity contribution in [2.45, 2.75) is 72.1 Å². The third-order valence-corrected chi connectivity index (χ3v) is 8.52. The summed E-state index contributed by atoms with van der Waals surface area (Å²) in [6, 6.07) is 0. The Morgan fingerprint density at radius 1 is 1.09 bits per heavy atom. The van der Waals surface area contributed by atoms with Crippen LogP contribution in [-0.4, -0.2) is 11.6 Å². The number of allylic oxidation sites excluding steroid dienone is 2. The van der Waals surface area contributed by atoms with Crippen molar-refractivity contribution in [1.82, 2.24) is 0 Å². The van der Waals surface area contributed by atoms with Gasteiger partial charge in [0.15, 0.2) is 0 Å². The molecule has 0 radical (unpaired) electrons. The highest BCUT2D eigenvalue weighted by Crippen LogP contribution is 2.66. The Morgan fingerprint density at radius 2 is 1.87 bits per heavy atom. The van der Waals surface area contributed by atoms with Crippen LogP contribution in [0, 0.1) is 34.5 Å². The quantitative estimate of drug-likeness (QED) is 0.656. The third kappa shape index (κ3) is 1.93. The van der Waals surface area contributed by atoms with Gasteiger partial charge in [0.2, 0.25) is 11.6 Å². The van der Waals surface area contributed by atoms with Gasteiger partial charge in [0.1, 0.15) is 0 Å². The molecule has 0 N–H and O–H groups in total. The van der Waals surface area contributed by atoms with Crippen LogP contribution in [0.2, 0.25) is 0 Å². The maximum Gasteiger partial charge on any atom is 0.224 e. The number of carbonyl (C=O) groups is 2. The van der Waals surface area contributed by atoms with Crippen LogP contribution in [0.25, 0.3) is 0 Å². The summed E-state index contributed by atoms with van der Waals surface area (Å²) in [4.78, 5) is 24.3. The van der Waals surface area contributed by atoms with Gasteiger partial charge in [-0.15, -0.1) is 0 Å². The minimum atomic E-state index is -0.164. The lowest BCUT2D eigenvalue weighted by molar-refractivity contribution is -0.139. The van der Waals surface area contributed by atoms with Crippen LogP contribution in [0.1, 0.15) is 72.1 Å². The zero-order chi connectivity index (χ0) is 16.4. The van der Waals surface area contributed by atoms with E-state index in [-0.39, 0.29) is 17.0 Å². The van der Waals surface area contributed by atoms with Gasteiger partial charge in [0.05, 0.1) is 0 Å². The molecule has 0 bridgehead atoms. The summed E-state index contributed by atoms with van der Waals surface area (Å²) < 4.78 is 0. The molecule has 0 aromatic rings. The number of ketones is 2. The zero-order valence-electron chi connectivity index (χ0n) is 14.9. The number of rotatable bonds is 1. The first-order chi connectivity index (χ1) is 10.9. The molecule has 0 aromatic carbocycles. The standard InChI is InChI=1S/C21H30O2/c1-4-13-5-7-15-14-6-8-17-19(23)18(22)10-12-21(17,3)16(14)9-11-20(13,15)2/h8,13-16H,4-7,9-12H2,1-3H3/t13-,14-,15-,16-,20+,21+/m0/s1. The Balaban J connectivity index is 1.70. The average Bonchev–Trinajstić information content (AvgIpc) is 2.88. The highest BCUT2D eigenvalue weighted by atomic mass is 16.2. The fourth-order valence-corrected chi connectivity index (χ4v) is 7.18. The summed E-state index contributed by atoms with van der Waals surface area (Å²) in [6.45, 7) is 7.19. The van der Waals surface area contributed by atoms with E-state index >= 15 is 0 Å². The first-order valence-electron chi connectivity index (χ1n) is 9.70. The highest BCUT2D eigenvalue weighted by molar-refractivity contribution is 6.44. The second-order valence-corrected chi connectivity index (χ2v) is 9.13. The second-order valence-electron chi connectivity index (χ2n) is 9.13. The molecule has 0 spiro atoms. The van der Waals surface area contributed by atoms with Crippen molar-refractivity contribution in [3.05, 3.63) is 11.6 Å². The van der Waals surface area contributed by atoms with Crippen LogP contribution in [0.4, 0.5) is 0 Å². The summed E-state index contributed by atoms with van der Waals surface area (Å²) in [5.41, 5.74) is 1.37. The number of carbonyl (C=O) groups excluding carboxylic acids is 2. The third-order valence-electron chi connectivity index (χ3n) is 8.52. The molecule has 0 heterocycles. The lowest BCUT2D eigenvalue weighted by Crippen LogP contribution is -2.51. The second kappa shape index (κ2) is 5.04. The topological polar surface area (TPSA) is 34.1 Å². The van der Waals surface area contributed by atoms with Crippen molar-refractivity contribution in [2.24, 2.45) is 34.5 Å². The highest BCUT2D eigenvalue weighted by Gasteiger charge is 2.59. The van der Waals surface area contributed by atoms with E-state index in [1.165, 1.54) is 32.1 Å². The lowest BCUT2D eigenvalue weighted by Gasteiger charge is -2.57. The molecule has 0 aromatic heterocycles. The predicted molar refractivity (Wildman–Crippen MR) is 90.9 cm³/mol. The SMILES string of the molecule is CC[C@H]1CC[C@H]2[C@@H]3CC=C4C(=O)C(=O)CC[C@]4(C)[C@H]3CC[C@]12C. The van der Waals surface area contributed by atoms with Crippen molar-refractivity contribution in [3.63, 3.8) is 0 Å². The van der Waals surface area contributed by atoms with E-state index in [1.807, 2.05) is 0 Å². The molecular weight excluding hydrogens is 284 g/mol. The Hall–Kier alpha value is -0.920. The van der Waals surface area contributed by atoms with Crippen LogP contribution in [0.3, 0.4) is 0 Å². The van der Waals surface area contributed by atoms with Gasteiger partial charge in [-0.05, 0) is 73.0 Å². The zero-order valence-corrected chi connectivity index (χ0v) is 14.9. The van der Waals surface area contributed by atoms with E-state index < -0.39 is 0 Å². The number of hydrogen-bond acceptors (Lipinski definition) is 2. The monoisotopic (exact) mass is 314 g/mol. The van der Waals surface area contributed by atoms with Gasteiger partial charge < -0.3 is 0 Å². The van der Waals surface area contributed by atoms with Gasteiger partial charge in [-0.25, -0.2) is 0 Å². The van der Waals surface area contributed by atoms with E-state index in [2.05, 4.69) is 26.8 Å². The van der Waals surface area contributed by atoms with E-state index in [0.29, 0.717) is 17.8 Å². The van der Waals surface area contributed by atoms with Gasteiger partial charge in [-0.2, -0.15) is 0 Å². The number of fused-ring (bicyclic) bond motifs is 5. The Bertz CT molecular complexity index is 589. The molecule has 0 unspecified atom stereocenters. The molecule has 4 aliphatic carbocycles. The molecule has 2 heteroatoms. The van der Waals surface area contributed by atoms with Crippen molar-refractivity contribution < 1.29 is 9.59 Å². The maximum absolute atomic E-state index is 12.4. The first-order valence-corrected chi connectivity index (χ1v) is 9.70. The lowest BCUT2D eigenvalue weighted by atomic mass is 9.47. The molecule has 4 aliphatic rings. The van der Waals surface area contributed by atoms with E-state index in [0.717, 1.165) is 36.2 Å². The van der Waals surface area contributed by atoms with E-state index in [9.17, 15) is 9.59 Å². The van der Waals surface area contributed by atoms with Gasteiger partial charge in [0, 0.05) is 12.0 Å². The molecule has 23 heavy (non-hydrogen) atoms. The summed E-state index contributed by atoms with van der Waals surface area (Å²) in [7, 11) is 0. The molecule has 3 fully saturated rings. The van der Waals surface area contributed by atoms with E-state index in [4.69, 9.17) is 0 Å². The number of hydrogen-bond donors (Lipinski definition) is 0. The molecule has 0 amide bonds. The molecule has 2 nitrogen and oxygen atoms in total. The molecule has 126 valence electrons. The predicted octanol–water partition coefficient (Wildman–Crippen LogP) is 4.72. The average molecular weight is 314 g/mol. The van der Waals surface area contributed by atoms with Gasteiger partial charge >= 0.3 is 0 Å².